The summed E-state index contributed by atoms with van der Waals surface area (Å²) in [4.78, 5) is 19.5. The van der Waals surface area contributed by atoms with Gasteiger partial charge in [-0.2, -0.15) is 0 Å². The Hall–Kier alpha value is -2.30. The molecule has 10 heteroatoms. The zero-order valence-electron chi connectivity index (χ0n) is 16.2. The minimum atomic E-state index is -0.292. The van der Waals surface area contributed by atoms with E-state index in [1.165, 1.54) is 12.1 Å². The van der Waals surface area contributed by atoms with Crippen molar-refractivity contribution in [2.24, 2.45) is 4.99 Å². The van der Waals surface area contributed by atoms with Gasteiger partial charge in [0.2, 0.25) is 0 Å². The summed E-state index contributed by atoms with van der Waals surface area (Å²) in [6.07, 6.45) is 3.40. The lowest BCUT2D eigenvalue weighted by Gasteiger charge is -2.45. The Morgan fingerprint density at radius 2 is 2.03 bits per heavy atom. The number of rotatable bonds is 3. The number of aromatic amines is 1. The van der Waals surface area contributed by atoms with Gasteiger partial charge >= 0.3 is 0 Å². The van der Waals surface area contributed by atoms with Crippen molar-refractivity contribution >= 4 is 33.2 Å². The predicted octanol–water partition coefficient (Wildman–Crippen LogP) is 2.20. The molecule has 2 aliphatic rings. The van der Waals surface area contributed by atoms with E-state index in [9.17, 15) is 4.39 Å². The summed E-state index contributed by atoms with van der Waals surface area (Å²) in [7, 11) is 0. The summed E-state index contributed by atoms with van der Waals surface area (Å²) < 4.78 is 16.4. The number of fused-ring (bicyclic) bond motifs is 2. The van der Waals surface area contributed by atoms with Gasteiger partial charge in [-0.3, -0.25) is 9.91 Å². The summed E-state index contributed by atoms with van der Waals surface area (Å²) in [5.74, 6) is 1.21. The van der Waals surface area contributed by atoms with E-state index in [2.05, 4.69) is 60.0 Å². The monoisotopic (exact) mass is 460 g/mol. The number of aromatic nitrogens is 4. The Kier molecular flexibility index (Phi) is 4.64. The predicted molar refractivity (Wildman–Crippen MR) is 113 cm³/mol. The first kappa shape index (κ1) is 18.7. The maximum Gasteiger partial charge on any atom is 0.192 e. The molecule has 1 saturated heterocycles. The fourth-order valence-electron chi connectivity index (χ4n) is 4.25. The smallest absolute Gasteiger partial charge is 0.192 e. The van der Waals surface area contributed by atoms with Gasteiger partial charge in [-0.05, 0) is 41.9 Å². The number of benzene rings is 1. The molecule has 2 N–H and O–H groups in total. The van der Waals surface area contributed by atoms with E-state index < -0.39 is 0 Å². The van der Waals surface area contributed by atoms with Crippen LogP contribution in [0.4, 0.5) is 4.39 Å². The molecule has 29 heavy (non-hydrogen) atoms. The molecule has 1 unspecified atom stereocenters. The van der Waals surface area contributed by atoms with Crippen LogP contribution in [0.5, 0.6) is 0 Å². The average Bonchev–Trinajstić information content (AvgIpc) is 3.24. The molecule has 5 rings (SSSR count). The maximum atomic E-state index is 13.6. The summed E-state index contributed by atoms with van der Waals surface area (Å²) >= 11 is 3.61. The first-order chi connectivity index (χ1) is 14.0. The largest absolute Gasteiger partial charge is 0.340 e. The zero-order chi connectivity index (χ0) is 20.1. The van der Waals surface area contributed by atoms with E-state index in [1.807, 2.05) is 10.9 Å². The molecule has 0 amide bonds. The van der Waals surface area contributed by atoms with E-state index in [4.69, 9.17) is 4.99 Å². The molecule has 152 valence electrons. The normalized spacial score (nSPS) is 25.0. The second-order valence-corrected chi connectivity index (χ2v) is 8.55. The highest BCUT2D eigenvalue weighted by molar-refractivity contribution is 9.10. The molecule has 3 aromatic rings. The summed E-state index contributed by atoms with van der Waals surface area (Å²) in [5, 5.41) is 5.70. The first-order valence-corrected chi connectivity index (χ1v) is 10.4. The van der Waals surface area contributed by atoms with Crippen molar-refractivity contribution in [2.75, 3.05) is 18.1 Å². The van der Waals surface area contributed by atoms with Crippen molar-refractivity contribution in [1.82, 2.24) is 29.8 Å². The molecule has 1 aromatic carbocycles. The molecule has 4 heterocycles. The minimum Gasteiger partial charge on any atom is -0.340 e. The number of nitrogens with one attached hydrogen (secondary N) is 2. The van der Waals surface area contributed by atoms with E-state index in [0.717, 1.165) is 34.9 Å². The lowest BCUT2D eigenvalue weighted by molar-refractivity contribution is 0.106. The molecule has 0 spiro atoms. The highest BCUT2D eigenvalue weighted by Gasteiger charge is 2.34. The number of halogens is 2. The van der Waals surface area contributed by atoms with Gasteiger partial charge < -0.3 is 10.3 Å². The Morgan fingerprint density at radius 3 is 2.83 bits per heavy atom. The molecule has 3 atom stereocenters. The highest BCUT2D eigenvalue weighted by atomic mass is 79.9. The molecule has 0 saturated carbocycles. The van der Waals surface area contributed by atoms with E-state index >= 15 is 0 Å². The Bertz CT molecular complexity index is 1070. The van der Waals surface area contributed by atoms with Crippen molar-refractivity contribution < 1.29 is 4.39 Å². The molecular formula is C19H22BrFN8. The Labute approximate surface area is 175 Å². The molecule has 8 nitrogen and oxygen atoms in total. The topological polar surface area (TPSA) is 77.4 Å². The van der Waals surface area contributed by atoms with E-state index in [1.54, 1.807) is 12.3 Å². The van der Waals surface area contributed by atoms with Crippen LogP contribution < -0.4 is 10.3 Å². The Balaban J connectivity index is 1.51. The van der Waals surface area contributed by atoms with Crippen LogP contribution in [-0.4, -0.2) is 62.2 Å². The number of aliphatic imine (C=N–C) groups is 1. The number of imidazole rings is 2. The van der Waals surface area contributed by atoms with E-state index in [0.29, 0.717) is 24.1 Å². The van der Waals surface area contributed by atoms with Crippen LogP contribution in [-0.2, 0) is 6.54 Å². The number of piperazine rings is 1. The van der Waals surface area contributed by atoms with Gasteiger partial charge in [0.1, 0.15) is 16.2 Å². The molecule has 0 aliphatic carbocycles. The van der Waals surface area contributed by atoms with Gasteiger partial charge in [0.05, 0.1) is 30.0 Å². The van der Waals surface area contributed by atoms with Gasteiger partial charge in [0, 0.05) is 31.2 Å². The molecule has 2 aliphatic heterocycles. The van der Waals surface area contributed by atoms with Gasteiger partial charge in [0.15, 0.2) is 12.1 Å². The number of hydrogen-bond donors (Lipinski definition) is 2. The van der Waals surface area contributed by atoms with Crippen molar-refractivity contribution in [1.29, 1.82) is 0 Å². The van der Waals surface area contributed by atoms with Crippen LogP contribution in [0.1, 0.15) is 25.5 Å². The lowest BCUT2D eigenvalue weighted by atomic mass is 10.1. The zero-order valence-corrected chi connectivity index (χ0v) is 17.8. The third-order valence-electron chi connectivity index (χ3n) is 5.29. The van der Waals surface area contributed by atoms with Crippen LogP contribution in [0.15, 0.2) is 34.0 Å². The molecule has 1 fully saturated rings. The molecule has 0 bridgehead atoms. The van der Waals surface area contributed by atoms with Gasteiger partial charge in [-0.1, -0.05) is 0 Å². The number of hydrogen-bond acceptors (Lipinski definition) is 6. The first-order valence-electron chi connectivity index (χ1n) is 9.65. The average molecular weight is 461 g/mol. The third-order valence-corrected chi connectivity index (χ3v) is 5.83. The van der Waals surface area contributed by atoms with E-state index in [-0.39, 0.29) is 12.1 Å². The number of nitrogens with zero attached hydrogens (tertiary/aromatic N) is 6. The van der Waals surface area contributed by atoms with Gasteiger partial charge in [0.25, 0.3) is 0 Å². The van der Waals surface area contributed by atoms with Crippen molar-refractivity contribution in [3.63, 3.8) is 0 Å². The van der Waals surface area contributed by atoms with Crippen LogP contribution in [0, 0.1) is 5.82 Å². The van der Waals surface area contributed by atoms with Crippen molar-refractivity contribution in [3.05, 3.63) is 46.5 Å². The lowest BCUT2D eigenvalue weighted by Crippen LogP contribution is -2.63. The maximum absolute atomic E-state index is 13.6. The van der Waals surface area contributed by atoms with Crippen LogP contribution in [0.3, 0.4) is 0 Å². The van der Waals surface area contributed by atoms with Gasteiger partial charge in [-0.25, -0.2) is 24.0 Å². The minimum absolute atomic E-state index is 0.190. The Morgan fingerprint density at radius 1 is 1.24 bits per heavy atom. The summed E-state index contributed by atoms with van der Waals surface area (Å²) in [6, 6.07) is 5.34. The van der Waals surface area contributed by atoms with Crippen molar-refractivity contribution in [3.8, 4) is 0 Å². The fraction of sp³-hybridized carbons (Fsp3) is 0.421. The summed E-state index contributed by atoms with van der Waals surface area (Å²) in [5.41, 5.74) is 1.43. The standard InChI is InChI=1S/C19H22BrFN8/c1-11-8-27(9-12(2)24-11)19-23-7-18-22-6-16(20)29(18)28(19)10-17-25-14-4-3-13(21)5-15(14)26-17/h3-7,11-12,19,24H,8-10H2,1-2H3,(H,25,26)/t11-,12+,19?. The van der Waals surface area contributed by atoms with Crippen LogP contribution >= 0.6 is 15.9 Å². The van der Waals surface area contributed by atoms with Crippen LogP contribution in [0.2, 0.25) is 0 Å². The fourth-order valence-corrected chi connectivity index (χ4v) is 4.73. The quantitative estimate of drug-likeness (QED) is 0.626. The van der Waals surface area contributed by atoms with Crippen LogP contribution in [0.25, 0.3) is 11.0 Å². The van der Waals surface area contributed by atoms with Gasteiger partial charge in [-0.15, -0.1) is 0 Å². The second kappa shape index (κ2) is 7.19. The molecular weight excluding hydrogens is 439 g/mol. The highest BCUT2D eigenvalue weighted by Crippen LogP contribution is 2.24. The molecule has 2 aromatic heterocycles. The summed E-state index contributed by atoms with van der Waals surface area (Å²) in [6.45, 7) is 6.62. The SMILES string of the molecule is C[C@@H]1CN(C2N=Cc3ncc(Br)n3N2Cc2nc3cc(F)ccc3[nH]2)C[C@H](C)N1. The number of H-pyrrole nitrogens is 1. The second-order valence-electron chi connectivity index (χ2n) is 7.74. The van der Waals surface area contributed by atoms with Crippen molar-refractivity contribution in [2.45, 2.75) is 38.8 Å². The molecule has 0 radical (unpaired) electrons. The third kappa shape index (κ3) is 3.45.